The molecule has 0 atom stereocenters. The van der Waals surface area contributed by atoms with Crippen molar-refractivity contribution >= 4 is 22.8 Å². The maximum absolute atomic E-state index is 12.3. The molecule has 2 N–H and O–H groups in total. The minimum atomic E-state index is 0.0549. The molecule has 0 aliphatic carbocycles. The number of rotatable bonds is 10. The highest BCUT2D eigenvalue weighted by Gasteiger charge is 2.21. The minimum Gasteiger partial charge on any atom is -0.369 e. The van der Waals surface area contributed by atoms with Crippen molar-refractivity contribution in [1.82, 2.24) is 30.0 Å². The smallest absolute Gasteiger partial charge is 0.317 e. The molecule has 0 saturated carbocycles. The summed E-state index contributed by atoms with van der Waals surface area (Å²) in [7, 11) is 4.18. The number of unbranched alkanes of at least 4 members (excludes halogenated alkanes) is 1. The van der Waals surface area contributed by atoms with Gasteiger partial charge in [0.05, 0.1) is 12.1 Å². The van der Waals surface area contributed by atoms with Gasteiger partial charge in [0.1, 0.15) is 11.6 Å². The predicted octanol–water partition coefficient (Wildman–Crippen LogP) is 2.62. The van der Waals surface area contributed by atoms with Crippen LogP contribution < -0.4 is 10.6 Å². The first-order valence-electron chi connectivity index (χ1n) is 11.5. The van der Waals surface area contributed by atoms with Gasteiger partial charge >= 0.3 is 6.03 Å². The molecule has 8 nitrogen and oxygen atoms in total. The molecule has 0 radical (unpaired) electrons. The predicted molar refractivity (Wildman–Crippen MR) is 126 cm³/mol. The summed E-state index contributed by atoms with van der Waals surface area (Å²) < 4.78 is 0. The lowest BCUT2D eigenvalue weighted by Crippen LogP contribution is -2.51. The molecule has 170 valence electrons. The zero-order chi connectivity index (χ0) is 22.1. The molecule has 3 rings (SSSR count). The number of urea groups is 1. The van der Waals surface area contributed by atoms with Crippen molar-refractivity contribution in [2.45, 2.75) is 32.7 Å². The topological polar surface area (TPSA) is 76.6 Å². The highest BCUT2D eigenvalue weighted by molar-refractivity contribution is 5.88. The lowest BCUT2D eigenvalue weighted by Gasteiger charge is -2.34. The van der Waals surface area contributed by atoms with Gasteiger partial charge in [-0.15, -0.1) is 0 Å². The van der Waals surface area contributed by atoms with Gasteiger partial charge in [-0.2, -0.15) is 0 Å². The standard InChI is InChI=1S/C23H37N7O/c1-4-5-11-25-23(31)30-16-14-29(15-17-30)18-21-26-20-10-7-6-9-19(20)22(27-21)24-12-8-13-28(2)3/h6-7,9-10H,4-5,8,11-18H2,1-3H3,(H,25,31)(H,24,26,27). The van der Waals surface area contributed by atoms with E-state index in [1.54, 1.807) is 0 Å². The van der Waals surface area contributed by atoms with Crippen LogP contribution in [0.3, 0.4) is 0 Å². The Morgan fingerprint density at radius 2 is 1.84 bits per heavy atom. The number of amides is 2. The van der Waals surface area contributed by atoms with Gasteiger partial charge in [-0.3, -0.25) is 4.90 Å². The van der Waals surface area contributed by atoms with Gasteiger partial charge in [0, 0.05) is 44.7 Å². The molecule has 1 aromatic carbocycles. The van der Waals surface area contributed by atoms with Crippen LogP contribution >= 0.6 is 0 Å². The number of piperazine rings is 1. The normalized spacial score (nSPS) is 14.9. The number of anilines is 1. The Morgan fingerprint density at radius 1 is 1.06 bits per heavy atom. The molecule has 0 spiro atoms. The SMILES string of the molecule is CCCCNC(=O)N1CCN(Cc2nc(NCCCN(C)C)c3ccccc3n2)CC1. The van der Waals surface area contributed by atoms with Crippen LogP contribution in [0.15, 0.2) is 24.3 Å². The summed E-state index contributed by atoms with van der Waals surface area (Å²) in [6.45, 7) is 8.65. The summed E-state index contributed by atoms with van der Waals surface area (Å²) >= 11 is 0. The third-order valence-corrected chi connectivity index (χ3v) is 5.56. The van der Waals surface area contributed by atoms with Crippen molar-refractivity contribution in [1.29, 1.82) is 0 Å². The fourth-order valence-corrected chi connectivity index (χ4v) is 3.73. The van der Waals surface area contributed by atoms with E-state index in [9.17, 15) is 4.79 Å². The molecule has 2 amide bonds. The number of carbonyl (C=O) groups excluding carboxylic acids is 1. The maximum atomic E-state index is 12.3. The van der Waals surface area contributed by atoms with Crippen LogP contribution in [-0.2, 0) is 6.54 Å². The van der Waals surface area contributed by atoms with E-state index < -0.39 is 0 Å². The second-order valence-corrected chi connectivity index (χ2v) is 8.44. The highest BCUT2D eigenvalue weighted by atomic mass is 16.2. The Kier molecular flexibility index (Phi) is 8.85. The van der Waals surface area contributed by atoms with E-state index in [-0.39, 0.29) is 6.03 Å². The Labute approximate surface area is 186 Å². The first-order chi connectivity index (χ1) is 15.1. The van der Waals surface area contributed by atoms with Gasteiger partial charge < -0.3 is 20.4 Å². The summed E-state index contributed by atoms with van der Waals surface area (Å²) in [5.74, 6) is 1.74. The van der Waals surface area contributed by atoms with Crippen LogP contribution in [0.25, 0.3) is 10.9 Å². The van der Waals surface area contributed by atoms with E-state index in [4.69, 9.17) is 9.97 Å². The van der Waals surface area contributed by atoms with E-state index in [1.807, 2.05) is 23.1 Å². The van der Waals surface area contributed by atoms with Crippen LogP contribution in [0.2, 0.25) is 0 Å². The van der Waals surface area contributed by atoms with Gasteiger partial charge in [-0.1, -0.05) is 25.5 Å². The molecule has 1 aromatic heterocycles. The highest BCUT2D eigenvalue weighted by Crippen LogP contribution is 2.21. The number of hydrogen-bond donors (Lipinski definition) is 2. The quantitative estimate of drug-likeness (QED) is 0.568. The van der Waals surface area contributed by atoms with E-state index in [1.165, 1.54) is 0 Å². The van der Waals surface area contributed by atoms with Gasteiger partial charge in [-0.25, -0.2) is 14.8 Å². The zero-order valence-corrected chi connectivity index (χ0v) is 19.2. The number of nitrogens with one attached hydrogen (secondary N) is 2. The van der Waals surface area contributed by atoms with Gasteiger partial charge in [0.15, 0.2) is 0 Å². The second kappa shape index (κ2) is 11.8. The van der Waals surface area contributed by atoms with Crippen LogP contribution in [0.5, 0.6) is 0 Å². The van der Waals surface area contributed by atoms with Crippen LogP contribution in [0.4, 0.5) is 10.6 Å². The van der Waals surface area contributed by atoms with Crippen molar-refractivity contribution in [2.24, 2.45) is 0 Å². The third kappa shape index (κ3) is 7.04. The first-order valence-corrected chi connectivity index (χ1v) is 11.5. The number of carbonyl (C=O) groups is 1. The molecule has 1 fully saturated rings. The minimum absolute atomic E-state index is 0.0549. The molecular formula is C23H37N7O. The third-order valence-electron chi connectivity index (χ3n) is 5.56. The molecule has 1 aliphatic rings. The van der Waals surface area contributed by atoms with Crippen molar-refractivity contribution in [3.63, 3.8) is 0 Å². The van der Waals surface area contributed by atoms with E-state index in [2.05, 4.69) is 47.5 Å². The first kappa shape index (κ1) is 23.2. The Balaban J connectivity index is 1.58. The summed E-state index contributed by atoms with van der Waals surface area (Å²) in [4.78, 5) is 28.3. The molecule has 1 saturated heterocycles. The number of nitrogens with zero attached hydrogens (tertiary/aromatic N) is 5. The number of benzene rings is 1. The Hall–Kier alpha value is -2.45. The maximum Gasteiger partial charge on any atom is 0.317 e. The Morgan fingerprint density at radius 3 is 2.58 bits per heavy atom. The number of hydrogen-bond acceptors (Lipinski definition) is 6. The van der Waals surface area contributed by atoms with Crippen LogP contribution in [0.1, 0.15) is 32.0 Å². The summed E-state index contributed by atoms with van der Waals surface area (Å²) in [6.07, 6.45) is 3.17. The molecule has 8 heteroatoms. The van der Waals surface area contributed by atoms with Crippen molar-refractivity contribution < 1.29 is 4.79 Å². The number of aromatic nitrogens is 2. The van der Waals surface area contributed by atoms with E-state index in [0.29, 0.717) is 6.54 Å². The van der Waals surface area contributed by atoms with Gasteiger partial charge in [-0.05, 0) is 45.6 Å². The molecule has 2 aromatic rings. The second-order valence-electron chi connectivity index (χ2n) is 8.44. The van der Waals surface area contributed by atoms with Crippen LogP contribution in [0, 0.1) is 0 Å². The molecule has 31 heavy (non-hydrogen) atoms. The lowest BCUT2D eigenvalue weighted by molar-refractivity contribution is 0.133. The lowest BCUT2D eigenvalue weighted by atomic mass is 10.2. The summed E-state index contributed by atoms with van der Waals surface area (Å²) in [6, 6.07) is 8.22. The largest absolute Gasteiger partial charge is 0.369 e. The fraction of sp³-hybridized carbons (Fsp3) is 0.609. The average Bonchev–Trinajstić information content (AvgIpc) is 2.77. The Bertz CT molecular complexity index is 834. The van der Waals surface area contributed by atoms with Crippen molar-refractivity contribution in [3.05, 3.63) is 30.1 Å². The van der Waals surface area contributed by atoms with Gasteiger partial charge in [0.25, 0.3) is 0 Å². The molecule has 1 aliphatic heterocycles. The van der Waals surface area contributed by atoms with Crippen molar-refractivity contribution in [3.8, 4) is 0 Å². The molecule has 0 unspecified atom stereocenters. The molecule has 2 heterocycles. The van der Waals surface area contributed by atoms with Gasteiger partial charge in [0.2, 0.25) is 0 Å². The number of para-hydroxylation sites is 1. The van der Waals surface area contributed by atoms with Crippen molar-refractivity contribution in [2.75, 3.05) is 65.2 Å². The fourth-order valence-electron chi connectivity index (χ4n) is 3.73. The molecule has 0 bridgehead atoms. The summed E-state index contributed by atoms with van der Waals surface area (Å²) in [5, 5.41) is 7.58. The monoisotopic (exact) mass is 427 g/mol. The zero-order valence-electron chi connectivity index (χ0n) is 19.2. The average molecular weight is 428 g/mol. The van der Waals surface area contributed by atoms with E-state index >= 15 is 0 Å². The molecular weight excluding hydrogens is 390 g/mol. The summed E-state index contributed by atoms with van der Waals surface area (Å²) in [5.41, 5.74) is 0.969. The van der Waals surface area contributed by atoms with Crippen LogP contribution in [-0.4, -0.2) is 90.6 Å². The number of fused-ring (bicyclic) bond motifs is 1. The van der Waals surface area contributed by atoms with E-state index in [0.717, 1.165) is 87.6 Å².